The van der Waals surface area contributed by atoms with Crippen LogP contribution < -0.4 is 0 Å². The molecule has 0 aliphatic rings. The van der Waals surface area contributed by atoms with Crippen molar-refractivity contribution in [2.75, 3.05) is 20.7 Å². The van der Waals surface area contributed by atoms with Crippen LogP contribution in [0.3, 0.4) is 0 Å². The van der Waals surface area contributed by atoms with Crippen molar-refractivity contribution in [2.45, 2.75) is 6.92 Å². The number of amides is 1. The van der Waals surface area contributed by atoms with E-state index in [1.165, 1.54) is 11.2 Å². The number of fused-ring (bicyclic) bond motifs is 2. The van der Waals surface area contributed by atoms with E-state index in [9.17, 15) is 9.59 Å². The molecule has 0 radical (unpaired) electrons. The lowest BCUT2D eigenvalue weighted by Crippen LogP contribution is -2.24. The fourth-order valence-corrected chi connectivity index (χ4v) is 3.36. The predicted molar refractivity (Wildman–Crippen MR) is 108 cm³/mol. The molecule has 1 amide bonds. The molecular weight excluding hydrogens is 372 g/mol. The fourth-order valence-electron chi connectivity index (χ4n) is 3.36. The molecule has 4 rings (SSSR count). The zero-order chi connectivity index (χ0) is 20.7. The summed E-state index contributed by atoms with van der Waals surface area (Å²) in [4.78, 5) is 38.0. The monoisotopic (exact) mass is 392 g/mol. The van der Waals surface area contributed by atoms with Crippen molar-refractivity contribution in [3.63, 3.8) is 0 Å². The minimum atomic E-state index is -0.437. The van der Waals surface area contributed by atoms with Gasteiger partial charge in [0.05, 0.1) is 28.8 Å². The molecule has 3 aromatic heterocycles. The van der Waals surface area contributed by atoms with E-state index in [1.54, 1.807) is 38.9 Å². The summed E-state index contributed by atoms with van der Waals surface area (Å²) >= 11 is 0. The van der Waals surface area contributed by atoms with Crippen molar-refractivity contribution < 1.29 is 14.3 Å². The molecule has 0 aliphatic heterocycles. The molecule has 0 unspecified atom stereocenters. The number of rotatable bonds is 4. The Morgan fingerprint density at radius 3 is 2.76 bits per heavy atom. The number of aromatic nitrogens is 5. The molecule has 9 nitrogen and oxygen atoms in total. The van der Waals surface area contributed by atoms with E-state index in [4.69, 9.17) is 4.74 Å². The number of benzene rings is 1. The van der Waals surface area contributed by atoms with Gasteiger partial charge in [0, 0.05) is 38.3 Å². The number of aromatic amines is 1. The Bertz CT molecular complexity index is 1250. The summed E-state index contributed by atoms with van der Waals surface area (Å²) < 4.78 is 6.73. The van der Waals surface area contributed by atoms with E-state index in [0.29, 0.717) is 33.5 Å². The minimum absolute atomic E-state index is 0.123. The molecule has 0 saturated heterocycles. The molecule has 0 saturated carbocycles. The van der Waals surface area contributed by atoms with Gasteiger partial charge >= 0.3 is 5.97 Å². The molecule has 4 aromatic rings. The van der Waals surface area contributed by atoms with Crippen LogP contribution in [0.2, 0.25) is 0 Å². The number of nitrogens with one attached hydrogen (secondary N) is 1. The summed E-state index contributed by atoms with van der Waals surface area (Å²) in [6.45, 7) is 2.03. The van der Waals surface area contributed by atoms with Gasteiger partial charge in [-0.1, -0.05) is 6.07 Å². The Hall–Kier alpha value is -3.75. The van der Waals surface area contributed by atoms with Crippen LogP contribution in [0.5, 0.6) is 0 Å². The maximum Gasteiger partial charge on any atom is 0.340 e. The second kappa shape index (κ2) is 7.01. The van der Waals surface area contributed by atoms with Crippen molar-refractivity contribution in [1.82, 2.24) is 29.6 Å². The lowest BCUT2D eigenvalue weighted by atomic mass is 10.0. The number of aryl methyl sites for hydroxylation is 1. The summed E-state index contributed by atoms with van der Waals surface area (Å²) in [5.41, 5.74) is 3.45. The number of carbonyl (C=O) groups excluding carboxylic acids is 2. The molecule has 1 N–H and O–H groups in total. The van der Waals surface area contributed by atoms with Crippen LogP contribution in [-0.2, 0) is 11.8 Å². The lowest BCUT2D eigenvalue weighted by molar-refractivity contribution is 0.0528. The van der Waals surface area contributed by atoms with Gasteiger partial charge in [0.15, 0.2) is 0 Å². The zero-order valence-electron chi connectivity index (χ0n) is 16.6. The number of carbonyl (C=O) groups is 2. The Labute approximate surface area is 166 Å². The predicted octanol–water partition coefficient (Wildman–Crippen LogP) is 2.39. The standard InChI is InChI=1S/C20H20N6O3/c1-5-29-20(28)13-9-21-18-15(13)16(22-10-23-18)11-6-7-12-14(8-11)24-26(4)17(12)19(27)25(2)3/h6-10H,5H2,1-4H3,(H,21,22,23). The number of esters is 1. The summed E-state index contributed by atoms with van der Waals surface area (Å²) in [6.07, 6.45) is 3.01. The third-order valence-corrected chi connectivity index (χ3v) is 4.68. The van der Waals surface area contributed by atoms with Gasteiger partial charge in [0.25, 0.3) is 5.91 Å². The Balaban J connectivity index is 1.90. The van der Waals surface area contributed by atoms with Crippen LogP contribution in [0.25, 0.3) is 33.2 Å². The maximum atomic E-state index is 12.5. The van der Waals surface area contributed by atoms with Gasteiger partial charge in [0.1, 0.15) is 17.7 Å². The van der Waals surface area contributed by atoms with Gasteiger partial charge in [-0.2, -0.15) is 5.10 Å². The Morgan fingerprint density at radius 2 is 2.03 bits per heavy atom. The largest absolute Gasteiger partial charge is 0.462 e. The first-order valence-corrected chi connectivity index (χ1v) is 9.10. The van der Waals surface area contributed by atoms with E-state index >= 15 is 0 Å². The Kier molecular flexibility index (Phi) is 4.50. The topological polar surface area (TPSA) is 106 Å². The van der Waals surface area contributed by atoms with Crippen molar-refractivity contribution in [3.8, 4) is 11.3 Å². The average molecular weight is 392 g/mol. The first-order valence-electron chi connectivity index (χ1n) is 9.10. The third-order valence-electron chi connectivity index (χ3n) is 4.68. The van der Waals surface area contributed by atoms with Gasteiger partial charge in [-0.25, -0.2) is 14.8 Å². The normalized spacial score (nSPS) is 11.2. The van der Waals surface area contributed by atoms with Gasteiger partial charge in [-0.15, -0.1) is 0 Å². The summed E-state index contributed by atoms with van der Waals surface area (Å²) in [5, 5.41) is 5.82. The second-order valence-electron chi connectivity index (χ2n) is 6.77. The molecule has 148 valence electrons. The molecule has 0 atom stereocenters. The smallest absolute Gasteiger partial charge is 0.340 e. The van der Waals surface area contributed by atoms with E-state index in [2.05, 4.69) is 20.1 Å². The quantitative estimate of drug-likeness (QED) is 0.535. The lowest BCUT2D eigenvalue weighted by Gasteiger charge is -2.10. The number of H-pyrrole nitrogens is 1. The summed E-state index contributed by atoms with van der Waals surface area (Å²) in [5.74, 6) is -0.560. The van der Waals surface area contributed by atoms with Crippen LogP contribution in [-0.4, -0.2) is 62.2 Å². The Morgan fingerprint density at radius 1 is 1.24 bits per heavy atom. The van der Waals surface area contributed by atoms with E-state index < -0.39 is 5.97 Å². The average Bonchev–Trinajstić information content (AvgIpc) is 3.27. The molecule has 3 heterocycles. The highest BCUT2D eigenvalue weighted by Gasteiger charge is 2.21. The zero-order valence-corrected chi connectivity index (χ0v) is 16.6. The fraction of sp³-hybridized carbons (Fsp3) is 0.250. The SMILES string of the molecule is CCOC(=O)c1c[nH]c2ncnc(-c3ccc4c(C(=O)N(C)C)n(C)nc4c3)c12. The van der Waals surface area contributed by atoms with Gasteiger partial charge in [0.2, 0.25) is 0 Å². The molecule has 0 bridgehead atoms. The highest BCUT2D eigenvalue weighted by molar-refractivity contribution is 6.09. The van der Waals surface area contributed by atoms with Gasteiger partial charge in [-0.05, 0) is 19.1 Å². The van der Waals surface area contributed by atoms with Crippen molar-refractivity contribution >= 4 is 33.8 Å². The molecule has 1 aromatic carbocycles. The third kappa shape index (κ3) is 3.00. The highest BCUT2D eigenvalue weighted by Crippen LogP contribution is 2.31. The van der Waals surface area contributed by atoms with E-state index in [0.717, 1.165) is 10.9 Å². The van der Waals surface area contributed by atoms with Crippen molar-refractivity contribution in [2.24, 2.45) is 7.05 Å². The number of hydrogen-bond donors (Lipinski definition) is 1. The molecular formula is C20H20N6O3. The van der Waals surface area contributed by atoms with E-state index in [-0.39, 0.29) is 12.5 Å². The minimum Gasteiger partial charge on any atom is -0.462 e. The van der Waals surface area contributed by atoms with Crippen LogP contribution >= 0.6 is 0 Å². The molecule has 9 heteroatoms. The van der Waals surface area contributed by atoms with Gasteiger partial charge in [-0.3, -0.25) is 9.48 Å². The summed E-state index contributed by atoms with van der Waals surface area (Å²) in [7, 11) is 5.15. The first kappa shape index (κ1) is 18.6. The van der Waals surface area contributed by atoms with Crippen LogP contribution in [0.1, 0.15) is 27.8 Å². The van der Waals surface area contributed by atoms with Crippen LogP contribution in [0, 0.1) is 0 Å². The molecule has 0 aliphatic carbocycles. The molecule has 0 spiro atoms. The maximum absolute atomic E-state index is 12.5. The highest BCUT2D eigenvalue weighted by atomic mass is 16.5. The number of nitrogens with zero attached hydrogens (tertiary/aromatic N) is 5. The number of ether oxygens (including phenoxy) is 1. The summed E-state index contributed by atoms with van der Waals surface area (Å²) in [6, 6.07) is 5.56. The van der Waals surface area contributed by atoms with Crippen LogP contribution in [0.15, 0.2) is 30.7 Å². The first-order chi connectivity index (χ1) is 13.9. The number of hydrogen-bond acceptors (Lipinski definition) is 6. The van der Waals surface area contributed by atoms with Gasteiger partial charge < -0.3 is 14.6 Å². The van der Waals surface area contributed by atoms with E-state index in [1.807, 2.05) is 18.2 Å². The van der Waals surface area contributed by atoms with Crippen molar-refractivity contribution in [1.29, 1.82) is 0 Å². The molecule has 29 heavy (non-hydrogen) atoms. The van der Waals surface area contributed by atoms with Crippen molar-refractivity contribution in [3.05, 3.63) is 42.0 Å². The second-order valence-corrected chi connectivity index (χ2v) is 6.77. The molecule has 0 fully saturated rings. The van der Waals surface area contributed by atoms with Crippen LogP contribution in [0.4, 0.5) is 0 Å².